The topological polar surface area (TPSA) is 75.4 Å². The van der Waals surface area contributed by atoms with E-state index in [-0.39, 0.29) is 5.56 Å². The average molecular weight is 341 g/mol. The number of rotatable bonds is 3. The first kappa shape index (κ1) is 15.8. The molecule has 1 amide bonds. The van der Waals surface area contributed by atoms with Crippen molar-refractivity contribution >= 4 is 27.5 Å². The molecule has 4 N–H and O–H groups in total. The first-order valence-electron chi connectivity index (χ1n) is 5.21. The van der Waals surface area contributed by atoms with E-state index in [1.54, 1.807) is 13.0 Å². The molecule has 1 aromatic carbocycles. The summed E-state index contributed by atoms with van der Waals surface area (Å²) in [4.78, 5) is 11.7. The number of nitrogen functional groups attached to an aromatic ring is 1. The van der Waals surface area contributed by atoms with Gasteiger partial charge in [-0.05, 0) is 24.6 Å². The number of anilines is 1. The average Bonchev–Trinajstić information content (AvgIpc) is 2.28. The van der Waals surface area contributed by atoms with Crippen LogP contribution in [0.15, 0.2) is 16.6 Å². The summed E-state index contributed by atoms with van der Waals surface area (Å²) in [5.41, 5.74) is 6.60. The van der Waals surface area contributed by atoms with Gasteiger partial charge >= 0.3 is 6.18 Å². The van der Waals surface area contributed by atoms with Gasteiger partial charge in [-0.25, -0.2) is 0 Å². The summed E-state index contributed by atoms with van der Waals surface area (Å²) in [5.74, 6) is -0.728. The van der Waals surface area contributed by atoms with Crippen molar-refractivity contribution in [2.45, 2.75) is 19.2 Å². The number of amides is 1. The SMILES string of the molecule is Cc1c(N)cc(Br)cc1C(=O)NCC(O)C(F)(F)F. The zero-order chi connectivity index (χ0) is 14.8. The first-order chi connectivity index (χ1) is 8.62. The second-order valence-electron chi connectivity index (χ2n) is 3.94. The van der Waals surface area contributed by atoms with Gasteiger partial charge in [-0.15, -0.1) is 0 Å². The zero-order valence-corrected chi connectivity index (χ0v) is 11.5. The van der Waals surface area contributed by atoms with Crippen LogP contribution in [-0.4, -0.2) is 29.8 Å². The minimum Gasteiger partial charge on any atom is -0.398 e. The third-order valence-corrected chi connectivity index (χ3v) is 2.95. The molecule has 1 aromatic rings. The summed E-state index contributed by atoms with van der Waals surface area (Å²) >= 11 is 3.14. The van der Waals surface area contributed by atoms with Gasteiger partial charge in [0.1, 0.15) is 0 Å². The first-order valence-corrected chi connectivity index (χ1v) is 6.01. The molecule has 1 unspecified atom stereocenters. The van der Waals surface area contributed by atoms with Crippen LogP contribution in [0, 0.1) is 6.92 Å². The van der Waals surface area contributed by atoms with E-state index in [0.29, 0.717) is 15.7 Å². The summed E-state index contributed by atoms with van der Waals surface area (Å²) < 4.78 is 36.8. The number of benzene rings is 1. The van der Waals surface area contributed by atoms with Crippen LogP contribution in [-0.2, 0) is 0 Å². The molecule has 0 heterocycles. The predicted octanol–water partition coefficient (Wildman–Crippen LogP) is 1.99. The number of hydrogen-bond acceptors (Lipinski definition) is 3. The maximum absolute atomic E-state index is 12.1. The summed E-state index contributed by atoms with van der Waals surface area (Å²) in [6.07, 6.45) is -7.36. The smallest absolute Gasteiger partial charge is 0.398 e. The molecule has 0 aliphatic rings. The van der Waals surface area contributed by atoms with Gasteiger partial charge in [0.05, 0.1) is 6.54 Å². The van der Waals surface area contributed by atoms with Crippen LogP contribution in [0.4, 0.5) is 18.9 Å². The van der Waals surface area contributed by atoms with Crippen LogP contribution in [0.5, 0.6) is 0 Å². The molecule has 0 aliphatic carbocycles. The summed E-state index contributed by atoms with van der Waals surface area (Å²) in [6, 6.07) is 3.03. The molecular formula is C11H12BrF3N2O2. The standard InChI is InChI=1S/C11H12BrF3N2O2/c1-5-7(2-6(12)3-8(5)16)10(19)17-4-9(18)11(13,14)15/h2-3,9,18H,4,16H2,1H3,(H,17,19). The van der Waals surface area contributed by atoms with E-state index in [4.69, 9.17) is 10.8 Å². The zero-order valence-electron chi connectivity index (χ0n) is 9.88. The molecule has 0 saturated carbocycles. The molecule has 0 saturated heterocycles. The Balaban J connectivity index is 2.80. The quantitative estimate of drug-likeness (QED) is 0.736. The van der Waals surface area contributed by atoms with Crippen LogP contribution in [0.2, 0.25) is 0 Å². The normalized spacial score (nSPS) is 13.2. The highest BCUT2D eigenvalue weighted by Crippen LogP contribution is 2.23. The van der Waals surface area contributed by atoms with Crippen molar-refractivity contribution in [3.05, 3.63) is 27.7 Å². The van der Waals surface area contributed by atoms with Crippen LogP contribution in [0.3, 0.4) is 0 Å². The molecule has 0 spiro atoms. The summed E-state index contributed by atoms with van der Waals surface area (Å²) in [5, 5.41) is 10.8. The highest BCUT2D eigenvalue weighted by atomic mass is 79.9. The monoisotopic (exact) mass is 340 g/mol. The van der Waals surface area contributed by atoms with Gasteiger partial charge in [0.2, 0.25) is 0 Å². The molecule has 4 nitrogen and oxygen atoms in total. The number of nitrogens with one attached hydrogen (secondary N) is 1. The molecule has 0 bridgehead atoms. The van der Waals surface area contributed by atoms with Crippen molar-refractivity contribution in [2.24, 2.45) is 0 Å². The molecule has 106 valence electrons. The van der Waals surface area contributed by atoms with Crippen LogP contribution < -0.4 is 11.1 Å². The molecule has 1 rings (SSSR count). The fourth-order valence-corrected chi connectivity index (χ4v) is 1.81. The van der Waals surface area contributed by atoms with Gasteiger partial charge in [0, 0.05) is 15.7 Å². The number of alkyl halides is 3. The highest BCUT2D eigenvalue weighted by molar-refractivity contribution is 9.10. The van der Waals surface area contributed by atoms with Crippen molar-refractivity contribution in [3.8, 4) is 0 Å². The Morgan fingerprint density at radius 3 is 2.63 bits per heavy atom. The van der Waals surface area contributed by atoms with E-state index in [2.05, 4.69) is 15.9 Å². The third-order valence-electron chi connectivity index (χ3n) is 2.49. The van der Waals surface area contributed by atoms with Crippen LogP contribution in [0.25, 0.3) is 0 Å². The maximum atomic E-state index is 12.1. The lowest BCUT2D eigenvalue weighted by molar-refractivity contribution is -0.201. The van der Waals surface area contributed by atoms with Gasteiger partial charge in [0.15, 0.2) is 6.10 Å². The fourth-order valence-electron chi connectivity index (χ4n) is 1.34. The van der Waals surface area contributed by atoms with E-state index in [1.807, 2.05) is 5.32 Å². The number of halogens is 4. The summed E-state index contributed by atoms with van der Waals surface area (Å²) in [7, 11) is 0. The molecular weight excluding hydrogens is 329 g/mol. The number of carbonyl (C=O) groups excluding carboxylic acids is 1. The Labute approximate surface area is 115 Å². The number of aliphatic hydroxyl groups is 1. The highest BCUT2D eigenvalue weighted by Gasteiger charge is 2.38. The lowest BCUT2D eigenvalue weighted by Gasteiger charge is -2.16. The molecule has 0 aromatic heterocycles. The summed E-state index contributed by atoms with van der Waals surface area (Å²) in [6.45, 7) is 0.672. The largest absolute Gasteiger partial charge is 0.416 e. The maximum Gasteiger partial charge on any atom is 0.416 e. The van der Waals surface area contributed by atoms with E-state index in [1.165, 1.54) is 6.07 Å². The minimum absolute atomic E-state index is 0.154. The van der Waals surface area contributed by atoms with Gasteiger partial charge < -0.3 is 16.2 Å². The second-order valence-corrected chi connectivity index (χ2v) is 4.85. The lowest BCUT2D eigenvalue weighted by Crippen LogP contribution is -2.40. The van der Waals surface area contributed by atoms with Crippen molar-refractivity contribution < 1.29 is 23.1 Å². The molecule has 1 atom stereocenters. The number of nitrogens with two attached hydrogens (primary N) is 1. The second kappa shape index (κ2) is 5.79. The molecule has 0 aliphatic heterocycles. The predicted molar refractivity (Wildman–Crippen MR) is 67.7 cm³/mol. The molecule has 19 heavy (non-hydrogen) atoms. The van der Waals surface area contributed by atoms with Crippen molar-refractivity contribution in [1.82, 2.24) is 5.32 Å². The van der Waals surface area contributed by atoms with Crippen molar-refractivity contribution in [3.63, 3.8) is 0 Å². The van der Waals surface area contributed by atoms with E-state index in [0.717, 1.165) is 0 Å². The van der Waals surface area contributed by atoms with Gasteiger partial charge in [-0.1, -0.05) is 15.9 Å². The Morgan fingerprint density at radius 1 is 1.53 bits per heavy atom. The van der Waals surface area contributed by atoms with E-state index < -0.39 is 24.7 Å². The third kappa shape index (κ3) is 4.10. The van der Waals surface area contributed by atoms with Crippen LogP contribution in [0.1, 0.15) is 15.9 Å². The van der Waals surface area contributed by atoms with Crippen molar-refractivity contribution in [1.29, 1.82) is 0 Å². The number of carbonyl (C=O) groups is 1. The van der Waals surface area contributed by atoms with E-state index >= 15 is 0 Å². The minimum atomic E-state index is -4.77. The number of aliphatic hydroxyl groups excluding tert-OH is 1. The van der Waals surface area contributed by atoms with Gasteiger partial charge in [-0.2, -0.15) is 13.2 Å². The molecule has 8 heteroatoms. The molecule has 0 radical (unpaired) electrons. The van der Waals surface area contributed by atoms with Gasteiger partial charge in [-0.3, -0.25) is 4.79 Å². The van der Waals surface area contributed by atoms with Crippen molar-refractivity contribution in [2.75, 3.05) is 12.3 Å². The molecule has 0 fully saturated rings. The Bertz CT molecular complexity index is 492. The van der Waals surface area contributed by atoms with Crippen LogP contribution >= 0.6 is 15.9 Å². The Kier molecular flexibility index (Phi) is 4.81. The fraction of sp³-hybridized carbons (Fsp3) is 0.364. The Morgan fingerprint density at radius 2 is 2.11 bits per heavy atom. The Hall–Kier alpha value is -1.28. The van der Waals surface area contributed by atoms with E-state index in [9.17, 15) is 18.0 Å². The lowest BCUT2D eigenvalue weighted by atomic mass is 10.1. The number of hydrogen-bond donors (Lipinski definition) is 3. The van der Waals surface area contributed by atoms with Gasteiger partial charge in [0.25, 0.3) is 5.91 Å².